The lowest BCUT2D eigenvalue weighted by atomic mass is 10.2. The Bertz CT molecular complexity index is 1130. The summed E-state index contributed by atoms with van der Waals surface area (Å²) in [5.74, 6) is -0.136. The number of hydrogen-bond donors (Lipinski definition) is 3. The summed E-state index contributed by atoms with van der Waals surface area (Å²) in [4.78, 5) is 18.9. The highest BCUT2D eigenvalue weighted by Crippen LogP contribution is 2.29. The molecule has 0 aliphatic carbocycles. The van der Waals surface area contributed by atoms with Crippen LogP contribution in [0.25, 0.3) is 0 Å². The molecule has 1 aliphatic heterocycles. The van der Waals surface area contributed by atoms with Gasteiger partial charge in [0.2, 0.25) is 27.7 Å². The highest BCUT2D eigenvalue weighted by Gasteiger charge is 2.34. The molecule has 150 valence electrons. The minimum atomic E-state index is -4.51. The molecule has 0 spiro atoms. The van der Waals surface area contributed by atoms with Crippen LogP contribution in [0.1, 0.15) is 5.56 Å². The summed E-state index contributed by atoms with van der Waals surface area (Å²) in [6.45, 7) is -0.0370. The summed E-state index contributed by atoms with van der Waals surface area (Å²) >= 11 is 0. The van der Waals surface area contributed by atoms with Crippen LogP contribution in [0.15, 0.2) is 34.1 Å². The average molecular weight is 429 g/mol. The number of carbonyl (C=O) groups is 1. The normalized spacial score (nSPS) is 14.8. The van der Waals surface area contributed by atoms with Gasteiger partial charge in [-0.05, 0) is 11.6 Å². The quantitative estimate of drug-likeness (QED) is 0.583. The number of carbonyl (C=O) groups excluding carboxylic acids is 1. The minimum Gasteiger partial charge on any atom is -0.481 e. The van der Waals surface area contributed by atoms with E-state index in [-0.39, 0.29) is 29.8 Å². The molecule has 0 saturated carbocycles. The Morgan fingerprint density at radius 2 is 1.82 bits per heavy atom. The van der Waals surface area contributed by atoms with Crippen molar-refractivity contribution >= 4 is 32.0 Å². The molecule has 1 aliphatic rings. The first-order valence-corrected chi connectivity index (χ1v) is 10.6. The smallest absolute Gasteiger partial charge is 0.335 e. The standard InChI is InChI=1S/C14H15N5O7S2/c1-25-10-6-11(26-2)17-13(16-10)18-14(20)19-27(21,22)9-5-3-4-8-7-15-28(23,24)12(8)9/h3-6,15H,7H2,1-2H3,(H2,16,17,18,19,20). The maximum atomic E-state index is 12.6. The SMILES string of the molecule is COc1cc(OC)nc(NC(=O)NS(=O)(=O)c2cccc3c2S(=O)(=O)NC3)n1. The zero-order valence-electron chi connectivity index (χ0n) is 14.6. The van der Waals surface area contributed by atoms with Gasteiger partial charge in [-0.15, -0.1) is 0 Å². The minimum absolute atomic E-state index is 0.0370. The summed E-state index contributed by atoms with van der Waals surface area (Å²) in [5, 5.41) is 2.13. The van der Waals surface area contributed by atoms with Gasteiger partial charge < -0.3 is 9.47 Å². The van der Waals surface area contributed by atoms with Gasteiger partial charge in [-0.2, -0.15) is 9.97 Å². The van der Waals surface area contributed by atoms with Gasteiger partial charge in [0.15, 0.2) is 0 Å². The van der Waals surface area contributed by atoms with Gasteiger partial charge in [0.05, 0.1) is 20.3 Å². The Morgan fingerprint density at radius 1 is 1.18 bits per heavy atom. The number of rotatable bonds is 5. The molecule has 0 fully saturated rings. The van der Waals surface area contributed by atoms with Crippen molar-refractivity contribution in [2.24, 2.45) is 0 Å². The summed E-state index contributed by atoms with van der Waals surface area (Å²) < 4.78 is 63.1. The van der Waals surface area contributed by atoms with Crippen LogP contribution in [-0.2, 0) is 26.6 Å². The second kappa shape index (κ2) is 7.21. The molecule has 2 heterocycles. The number of aromatic nitrogens is 2. The van der Waals surface area contributed by atoms with Crippen molar-refractivity contribution in [1.29, 1.82) is 0 Å². The zero-order chi connectivity index (χ0) is 20.5. The van der Waals surface area contributed by atoms with Gasteiger partial charge >= 0.3 is 6.03 Å². The lowest BCUT2D eigenvalue weighted by Gasteiger charge is -2.11. The molecule has 3 rings (SSSR count). The third-order valence-electron chi connectivity index (χ3n) is 3.62. The van der Waals surface area contributed by atoms with Crippen LogP contribution in [0.5, 0.6) is 11.8 Å². The molecule has 0 atom stereocenters. The Hall–Kier alpha value is -2.97. The summed E-state index contributed by atoms with van der Waals surface area (Å²) in [7, 11) is -5.83. The van der Waals surface area contributed by atoms with Gasteiger partial charge in [0, 0.05) is 6.54 Å². The van der Waals surface area contributed by atoms with Gasteiger partial charge in [-0.25, -0.2) is 31.1 Å². The van der Waals surface area contributed by atoms with Gasteiger partial charge in [-0.3, -0.25) is 5.32 Å². The number of benzene rings is 1. The Kier molecular flexibility index (Phi) is 5.10. The molecule has 1 aromatic carbocycles. The summed E-state index contributed by atoms with van der Waals surface area (Å²) in [6.07, 6.45) is 0. The molecule has 14 heteroatoms. The summed E-state index contributed by atoms with van der Waals surface area (Å²) in [6, 6.07) is 4.09. The number of sulfonamides is 2. The highest BCUT2D eigenvalue weighted by molar-refractivity contribution is 7.93. The molecule has 28 heavy (non-hydrogen) atoms. The molecule has 0 bridgehead atoms. The fourth-order valence-corrected chi connectivity index (χ4v) is 5.44. The monoisotopic (exact) mass is 429 g/mol. The molecule has 12 nitrogen and oxygen atoms in total. The fraction of sp³-hybridized carbons (Fsp3) is 0.214. The first-order chi connectivity index (χ1) is 13.2. The number of methoxy groups -OCH3 is 2. The van der Waals surface area contributed by atoms with E-state index in [0.717, 1.165) is 6.07 Å². The largest absolute Gasteiger partial charge is 0.481 e. The fourth-order valence-electron chi connectivity index (χ4n) is 2.44. The van der Waals surface area contributed by atoms with Gasteiger partial charge in [0.25, 0.3) is 10.0 Å². The van der Waals surface area contributed by atoms with E-state index in [4.69, 9.17) is 9.47 Å². The van der Waals surface area contributed by atoms with E-state index in [1.807, 2.05) is 0 Å². The number of hydrogen-bond acceptors (Lipinski definition) is 9. The van der Waals surface area contributed by atoms with E-state index < -0.39 is 35.9 Å². The second-order valence-corrected chi connectivity index (χ2v) is 8.76. The number of nitrogens with zero attached hydrogens (tertiary/aromatic N) is 2. The first kappa shape index (κ1) is 19.8. The van der Waals surface area contributed by atoms with Crippen molar-refractivity contribution in [3.63, 3.8) is 0 Å². The number of fused-ring (bicyclic) bond motifs is 1. The van der Waals surface area contributed by atoms with Crippen molar-refractivity contribution in [3.05, 3.63) is 29.8 Å². The molecule has 2 aromatic rings. The first-order valence-electron chi connectivity index (χ1n) is 7.58. The maximum absolute atomic E-state index is 12.6. The predicted octanol–water partition coefficient (Wildman–Crippen LogP) is -0.204. The highest BCUT2D eigenvalue weighted by atomic mass is 32.2. The van der Waals surface area contributed by atoms with Crippen molar-refractivity contribution < 1.29 is 31.1 Å². The van der Waals surface area contributed by atoms with E-state index in [2.05, 4.69) is 20.0 Å². The van der Waals surface area contributed by atoms with E-state index in [0.29, 0.717) is 0 Å². The van der Waals surface area contributed by atoms with Crippen LogP contribution in [0, 0.1) is 0 Å². The molecular weight excluding hydrogens is 414 g/mol. The van der Waals surface area contributed by atoms with Crippen molar-refractivity contribution in [3.8, 4) is 11.8 Å². The average Bonchev–Trinajstić information content (AvgIpc) is 2.96. The van der Waals surface area contributed by atoms with Gasteiger partial charge in [0.1, 0.15) is 9.79 Å². The number of anilines is 1. The zero-order valence-corrected chi connectivity index (χ0v) is 16.2. The van der Waals surface area contributed by atoms with E-state index in [1.54, 1.807) is 4.72 Å². The Labute approximate surface area is 160 Å². The molecule has 0 saturated heterocycles. The van der Waals surface area contributed by atoms with Gasteiger partial charge in [-0.1, -0.05) is 12.1 Å². The third-order valence-corrected chi connectivity index (χ3v) is 6.67. The van der Waals surface area contributed by atoms with E-state index in [9.17, 15) is 21.6 Å². The Morgan fingerprint density at radius 3 is 2.43 bits per heavy atom. The maximum Gasteiger partial charge on any atom is 0.335 e. The molecule has 0 unspecified atom stereocenters. The number of nitrogens with one attached hydrogen (secondary N) is 3. The molecule has 2 amide bonds. The van der Waals surface area contributed by atoms with Crippen LogP contribution >= 0.6 is 0 Å². The number of ether oxygens (including phenoxy) is 2. The molecule has 3 N–H and O–H groups in total. The second-order valence-electron chi connectivity index (χ2n) is 5.40. The third kappa shape index (κ3) is 3.83. The van der Waals surface area contributed by atoms with Crippen LogP contribution in [0.2, 0.25) is 0 Å². The molecular formula is C14H15N5O7S2. The molecule has 1 aromatic heterocycles. The van der Waals surface area contributed by atoms with Crippen molar-refractivity contribution in [2.45, 2.75) is 16.3 Å². The lowest BCUT2D eigenvalue weighted by molar-refractivity contribution is 0.256. The van der Waals surface area contributed by atoms with E-state index in [1.165, 1.54) is 32.4 Å². The van der Waals surface area contributed by atoms with Crippen LogP contribution in [-0.4, -0.2) is 47.1 Å². The topological polar surface area (TPSA) is 166 Å². The number of urea groups is 1. The summed E-state index contributed by atoms with van der Waals surface area (Å²) in [5.41, 5.74) is 0.282. The van der Waals surface area contributed by atoms with Crippen LogP contribution in [0.3, 0.4) is 0 Å². The molecule has 0 radical (unpaired) electrons. The Balaban J connectivity index is 1.87. The lowest BCUT2D eigenvalue weighted by Crippen LogP contribution is -2.35. The van der Waals surface area contributed by atoms with E-state index >= 15 is 0 Å². The van der Waals surface area contributed by atoms with Crippen molar-refractivity contribution in [2.75, 3.05) is 19.5 Å². The van der Waals surface area contributed by atoms with Crippen LogP contribution in [0.4, 0.5) is 10.7 Å². The predicted molar refractivity (Wildman–Crippen MR) is 94.9 cm³/mol. The van der Waals surface area contributed by atoms with Crippen molar-refractivity contribution in [1.82, 2.24) is 19.4 Å². The van der Waals surface area contributed by atoms with Crippen LogP contribution < -0.4 is 24.2 Å². The number of amides is 2.